The molecule has 0 unspecified atom stereocenters. The third-order valence-corrected chi connectivity index (χ3v) is 3.28. The normalized spacial score (nSPS) is 12.2. The molecule has 110 valence electrons. The van der Waals surface area contributed by atoms with Gasteiger partial charge in [0.15, 0.2) is 0 Å². The molecule has 0 fully saturated rings. The number of thioether (sulfide) groups is 1. The van der Waals surface area contributed by atoms with Crippen LogP contribution in [0.3, 0.4) is 0 Å². The lowest BCUT2D eigenvalue weighted by Crippen LogP contribution is -2.41. The van der Waals surface area contributed by atoms with E-state index < -0.39 is 17.9 Å². The molecule has 0 saturated heterocycles. The van der Waals surface area contributed by atoms with Crippen molar-refractivity contribution in [1.29, 1.82) is 0 Å². The van der Waals surface area contributed by atoms with Gasteiger partial charge in [0.05, 0.1) is 0 Å². The molecule has 0 radical (unpaired) electrons. The Morgan fingerprint density at radius 3 is 2.70 bits per heavy atom. The van der Waals surface area contributed by atoms with Crippen LogP contribution in [-0.2, 0) is 4.79 Å². The first-order valence-electron chi connectivity index (χ1n) is 6.31. The summed E-state index contributed by atoms with van der Waals surface area (Å²) in [6, 6.07) is 0.585. The van der Waals surface area contributed by atoms with Crippen LogP contribution in [0.4, 0.5) is 0 Å². The van der Waals surface area contributed by atoms with Crippen LogP contribution in [-0.4, -0.2) is 45.0 Å². The Bertz CT molecular complexity index is 480. The first-order valence-corrected chi connectivity index (χ1v) is 7.70. The maximum absolute atomic E-state index is 12.0. The zero-order valence-corrected chi connectivity index (χ0v) is 12.6. The Morgan fingerprint density at radius 2 is 2.15 bits per heavy atom. The highest BCUT2D eigenvalue weighted by molar-refractivity contribution is 7.98. The number of carboxylic acid groups (broad SMARTS) is 1. The summed E-state index contributed by atoms with van der Waals surface area (Å²) < 4.78 is 0. The molecule has 1 aromatic heterocycles. The summed E-state index contributed by atoms with van der Waals surface area (Å²) in [6.07, 6.45) is 3.78. The highest BCUT2D eigenvalue weighted by Crippen LogP contribution is 2.09. The smallest absolute Gasteiger partial charge is 0.326 e. The van der Waals surface area contributed by atoms with Crippen molar-refractivity contribution in [1.82, 2.24) is 15.3 Å². The van der Waals surface area contributed by atoms with Crippen molar-refractivity contribution in [2.45, 2.75) is 32.2 Å². The molecule has 6 nitrogen and oxygen atoms in total. The first kappa shape index (κ1) is 16.4. The summed E-state index contributed by atoms with van der Waals surface area (Å²) in [6.45, 7) is 3.85. The molecule has 20 heavy (non-hydrogen) atoms. The summed E-state index contributed by atoms with van der Waals surface area (Å²) in [4.78, 5) is 31.3. The molecular formula is C13H19N3O3S. The van der Waals surface area contributed by atoms with Crippen LogP contribution < -0.4 is 5.32 Å². The van der Waals surface area contributed by atoms with Gasteiger partial charge in [0.25, 0.3) is 5.91 Å². The number of hydrogen-bond donors (Lipinski definition) is 2. The SMILES string of the molecule is CSCC[C@H](NC(=O)c1ccnc(C(C)C)n1)C(=O)O. The Labute approximate surface area is 122 Å². The van der Waals surface area contributed by atoms with Crippen molar-refractivity contribution >= 4 is 23.6 Å². The molecule has 1 amide bonds. The number of aliphatic carboxylic acids is 1. The van der Waals surface area contributed by atoms with Crippen molar-refractivity contribution in [3.8, 4) is 0 Å². The van der Waals surface area contributed by atoms with E-state index in [4.69, 9.17) is 5.11 Å². The second-order valence-corrected chi connectivity index (χ2v) is 5.59. The van der Waals surface area contributed by atoms with Gasteiger partial charge in [-0.2, -0.15) is 11.8 Å². The van der Waals surface area contributed by atoms with E-state index in [9.17, 15) is 9.59 Å². The molecule has 0 saturated carbocycles. The summed E-state index contributed by atoms with van der Waals surface area (Å²) in [5.41, 5.74) is 0.194. The average Bonchev–Trinajstić information content (AvgIpc) is 2.42. The molecule has 0 aliphatic rings. The summed E-state index contributed by atoms with van der Waals surface area (Å²) in [5, 5.41) is 11.6. The zero-order valence-electron chi connectivity index (χ0n) is 11.8. The number of carboxylic acids is 1. The maximum atomic E-state index is 12.0. The Kier molecular flexibility index (Phi) is 6.44. The second kappa shape index (κ2) is 7.84. The highest BCUT2D eigenvalue weighted by atomic mass is 32.2. The van der Waals surface area contributed by atoms with Gasteiger partial charge in [-0.3, -0.25) is 4.79 Å². The van der Waals surface area contributed by atoms with E-state index in [0.717, 1.165) is 0 Å². The highest BCUT2D eigenvalue weighted by Gasteiger charge is 2.21. The predicted octanol–water partition coefficient (Wildman–Crippen LogP) is 1.54. The van der Waals surface area contributed by atoms with E-state index in [1.54, 1.807) is 0 Å². The number of nitrogens with zero attached hydrogens (tertiary/aromatic N) is 2. The van der Waals surface area contributed by atoms with Crippen molar-refractivity contribution in [2.24, 2.45) is 0 Å². The summed E-state index contributed by atoms with van der Waals surface area (Å²) in [7, 11) is 0. The molecule has 2 N–H and O–H groups in total. The fourth-order valence-corrected chi connectivity index (χ4v) is 1.98. The number of hydrogen-bond acceptors (Lipinski definition) is 5. The summed E-state index contributed by atoms with van der Waals surface area (Å²) >= 11 is 1.54. The third-order valence-electron chi connectivity index (χ3n) is 2.64. The van der Waals surface area contributed by atoms with Gasteiger partial charge in [-0.15, -0.1) is 0 Å². The van der Waals surface area contributed by atoms with Gasteiger partial charge in [0.2, 0.25) is 0 Å². The van der Waals surface area contributed by atoms with Crippen LogP contribution in [0, 0.1) is 0 Å². The molecule has 1 heterocycles. The molecule has 0 aliphatic heterocycles. The fraction of sp³-hybridized carbons (Fsp3) is 0.538. The van der Waals surface area contributed by atoms with E-state index in [2.05, 4.69) is 15.3 Å². The number of aromatic nitrogens is 2. The van der Waals surface area contributed by atoms with Gasteiger partial charge < -0.3 is 10.4 Å². The van der Waals surface area contributed by atoms with Crippen LogP contribution in [0.15, 0.2) is 12.3 Å². The van der Waals surface area contributed by atoms with Gasteiger partial charge in [0.1, 0.15) is 17.6 Å². The molecule has 0 aromatic carbocycles. The third kappa shape index (κ3) is 4.80. The lowest BCUT2D eigenvalue weighted by atomic mass is 10.2. The zero-order chi connectivity index (χ0) is 15.1. The number of carbonyl (C=O) groups excluding carboxylic acids is 1. The summed E-state index contributed by atoms with van der Waals surface area (Å²) in [5.74, 6) is -0.186. The molecule has 0 bridgehead atoms. The standard InChI is InChI=1S/C13H19N3O3S/c1-8(2)11-14-6-4-9(15-11)12(17)16-10(13(18)19)5-7-20-3/h4,6,8,10H,5,7H2,1-3H3,(H,16,17)(H,18,19)/t10-/m0/s1. The molecule has 1 rings (SSSR count). The van der Waals surface area contributed by atoms with Crippen molar-refractivity contribution in [3.63, 3.8) is 0 Å². The molecule has 1 atom stereocenters. The average molecular weight is 297 g/mol. The topological polar surface area (TPSA) is 92.2 Å². The monoisotopic (exact) mass is 297 g/mol. The maximum Gasteiger partial charge on any atom is 0.326 e. The molecule has 1 aromatic rings. The van der Waals surface area contributed by atoms with Crippen molar-refractivity contribution < 1.29 is 14.7 Å². The van der Waals surface area contributed by atoms with Gasteiger partial charge in [-0.05, 0) is 24.5 Å². The molecule has 0 aliphatic carbocycles. The van der Waals surface area contributed by atoms with Crippen LogP contribution >= 0.6 is 11.8 Å². The number of carbonyl (C=O) groups is 2. The molecular weight excluding hydrogens is 278 g/mol. The Morgan fingerprint density at radius 1 is 1.45 bits per heavy atom. The number of rotatable bonds is 7. The minimum atomic E-state index is -1.04. The lowest BCUT2D eigenvalue weighted by molar-refractivity contribution is -0.139. The lowest BCUT2D eigenvalue weighted by Gasteiger charge is -2.14. The van der Waals surface area contributed by atoms with Gasteiger partial charge in [-0.25, -0.2) is 14.8 Å². The van der Waals surface area contributed by atoms with E-state index in [1.165, 1.54) is 24.0 Å². The minimum Gasteiger partial charge on any atom is -0.480 e. The molecule has 7 heteroatoms. The number of nitrogens with one attached hydrogen (secondary N) is 1. The Hall–Kier alpha value is -1.63. The largest absolute Gasteiger partial charge is 0.480 e. The Balaban J connectivity index is 2.78. The van der Waals surface area contributed by atoms with E-state index in [1.807, 2.05) is 20.1 Å². The number of amides is 1. The predicted molar refractivity (Wildman–Crippen MR) is 78.0 cm³/mol. The minimum absolute atomic E-state index is 0.106. The second-order valence-electron chi connectivity index (χ2n) is 4.60. The van der Waals surface area contributed by atoms with Crippen LogP contribution in [0.5, 0.6) is 0 Å². The molecule has 0 spiro atoms. The first-order chi connectivity index (χ1) is 9.45. The van der Waals surface area contributed by atoms with Crippen molar-refractivity contribution in [3.05, 3.63) is 23.8 Å². The van der Waals surface area contributed by atoms with Gasteiger partial charge >= 0.3 is 5.97 Å². The quantitative estimate of drug-likeness (QED) is 0.793. The fourth-order valence-electron chi connectivity index (χ4n) is 1.50. The van der Waals surface area contributed by atoms with E-state index in [-0.39, 0.29) is 11.6 Å². The van der Waals surface area contributed by atoms with Gasteiger partial charge in [-0.1, -0.05) is 13.8 Å². The van der Waals surface area contributed by atoms with Crippen molar-refractivity contribution in [2.75, 3.05) is 12.0 Å². The van der Waals surface area contributed by atoms with Crippen LogP contribution in [0.25, 0.3) is 0 Å². The van der Waals surface area contributed by atoms with E-state index >= 15 is 0 Å². The van der Waals surface area contributed by atoms with Gasteiger partial charge in [0, 0.05) is 12.1 Å². The van der Waals surface area contributed by atoms with Crippen LogP contribution in [0.1, 0.15) is 42.5 Å². The van der Waals surface area contributed by atoms with Crippen LogP contribution in [0.2, 0.25) is 0 Å². The van der Waals surface area contributed by atoms with E-state index in [0.29, 0.717) is 18.0 Å².